The number of benzene rings is 1. The number of hydrogen-bond donors (Lipinski definition) is 2. The summed E-state index contributed by atoms with van der Waals surface area (Å²) in [5.41, 5.74) is 5.19. The number of primary amides is 1. The third-order valence-electron chi connectivity index (χ3n) is 2.32. The van der Waals surface area contributed by atoms with Crippen molar-refractivity contribution in [2.45, 2.75) is 0 Å². The number of rotatable bonds is 2. The van der Waals surface area contributed by atoms with Crippen molar-refractivity contribution in [2.24, 2.45) is 5.73 Å². The van der Waals surface area contributed by atoms with Gasteiger partial charge in [0.1, 0.15) is 12.4 Å². The Balaban J connectivity index is 2.35. The van der Waals surface area contributed by atoms with Crippen LogP contribution in [0.1, 0.15) is 10.4 Å². The van der Waals surface area contributed by atoms with Gasteiger partial charge in [-0.1, -0.05) is 0 Å². The van der Waals surface area contributed by atoms with Gasteiger partial charge in [-0.2, -0.15) is 0 Å². The van der Waals surface area contributed by atoms with Gasteiger partial charge in [0.15, 0.2) is 5.11 Å². The molecule has 0 aliphatic carbocycles. The van der Waals surface area contributed by atoms with Crippen LogP contribution in [-0.4, -0.2) is 23.5 Å². The Morgan fingerprint density at radius 2 is 2.24 bits per heavy atom. The van der Waals surface area contributed by atoms with E-state index >= 15 is 0 Å². The van der Waals surface area contributed by atoms with Gasteiger partial charge in [0, 0.05) is 5.69 Å². The van der Waals surface area contributed by atoms with E-state index in [1.54, 1.807) is 0 Å². The molecule has 1 aliphatic rings. The second-order valence-electron chi connectivity index (χ2n) is 3.47. The highest BCUT2D eigenvalue weighted by atomic mass is 32.1. The molecule has 1 aromatic rings. The first kappa shape index (κ1) is 11.5. The van der Waals surface area contributed by atoms with Crippen LogP contribution in [-0.2, 0) is 4.79 Å². The summed E-state index contributed by atoms with van der Waals surface area (Å²) < 4.78 is 13.5. The first-order valence-electron chi connectivity index (χ1n) is 4.70. The standard InChI is InChI=1S/C10H8FN3O2S/c11-7-3-5(1-2-6(7)9(12)16)14-4-8(15)13-10(14)17/h1-3H,4H2,(H2,12,16)(H,13,15,17). The van der Waals surface area contributed by atoms with E-state index in [2.05, 4.69) is 5.32 Å². The van der Waals surface area contributed by atoms with Gasteiger partial charge in [0.05, 0.1) is 5.56 Å². The maximum atomic E-state index is 13.5. The molecule has 5 nitrogen and oxygen atoms in total. The van der Waals surface area contributed by atoms with Crippen LogP contribution in [0.3, 0.4) is 0 Å². The van der Waals surface area contributed by atoms with E-state index in [4.69, 9.17) is 18.0 Å². The molecule has 3 N–H and O–H groups in total. The van der Waals surface area contributed by atoms with Crippen LogP contribution in [0.2, 0.25) is 0 Å². The number of nitrogens with zero attached hydrogens (tertiary/aromatic N) is 1. The number of carbonyl (C=O) groups excluding carboxylic acids is 2. The topological polar surface area (TPSA) is 75.4 Å². The van der Waals surface area contributed by atoms with Crippen molar-refractivity contribution in [1.82, 2.24) is 5.32 Å². The lowest BCUT2D eigenvalue weighted by atomic mass is 10.1. The molecule has 17 heavy (non-hydrogen) atoms. The molecule has 0 unspecified atom stereocenters. The molecule has 7 heteroatoms. The molecule has 0 aromatic heterocycles. The molecule has 0 bridgehead atoms. The predicted octanol–water partition coefficient (Wildman–Crippen LogP) is 0.146. The van der Waals surface area contributed by atoms with Crippen molar-refractivity contribution in [3.05, 3.63) is 29.6 Å². The summed E-state index contributed by atoms with van der Waals surface area (Å²) in [5.74, 6) is -1.83. The summed E-state index contributed by atoms with van der Waals surface area (Å²) >= 11 is 4.91. The molecule has 88 valence electrons. The first-order valence-corrected chi connectivity index (χ1v) is 5.10. The zero-order valence-corrected chi connectivity index (χ0v) is 9.38. The molecule has 2 rings (SSSR count). The van der Waals surface area contributed by atoms with Crippen LogP contribution in [0.5, 0.6) is 0 Å². The number of nitrogens with one attached hydrogen (secondary N) is 1. The molecule has 0 spiro atoms. The zero-order valence-electron chi connectivity index (χ0n) is 8.57. The lowest BCUT2D eigenvalue weighted by Crippen LogP contribution is -2.27. The number of amides is 2. The van der Waals surface area contributed by atoms with Crippen LogP contribution in [0.15, 0.2) is 18.2 Å². The largest absolute Gasteiger partial charge is 0.366 e. The van der Waals surface area contributed by atoms with E-state index in [-0.39, 0.29) is 23.1 Å². The summed E-state index contributed by atoms with van der Waals surface area (Å²) in [4.78, 5) is 23.4. The fourth-order valence-electron chi connectivity index (χ4n) is 1.52. The van der Waals surface area contributed by atoms with Crippen LogP contribution in [0.4, 0.5) is 10.1 Å². The molecule has 0 saturated carbocycles. The Labute approximate surface area is 101 Å². The van der Waals surface area contributed by atoms with Crippen LogP contribution < -0.4 is 16.0 Å². The smallest absolute Gasteiger partial charge is 0.251 e. The zero-order chi connectivity index (χ0) is 12.6. The van der Waals surface area contributed by atoms with Crippen molar-refractivity contribution in [3.63, 3.8) is 0 Å². The molecule has 0 atom stereocenters. The Morgan fingerprint density at radius 3 is 2.71 bits per heavy atom. The first-order chi connectivity index (χ1) is 7.99. The van der Waals surface area contributed by atoms with E-state index in [1.165, 1.54) is 17.0 Å². The van der Waals surface area contributed by atoms with Gasteiger partial charge in [-0.15, -0.1) is 0 Å². The minimum absolute atomic E-state index is 0.0359. The Hall–Kier alpha value is -2.02. The second-order valence-corrected chi connectivity index (χ2v) is 3.85. The summed E-state index contributed by atoms with van der Waals surface area (Å²) in [7, 11) is 0. The third-order valence-corrected chi connectivity index (χ3v) is 2.65. The predicted molar refractivity (Wildman–Crippen MR) is 63.0 cm³/mol. The number of hydrogen-bond acceptors (Lipinski definition) is 3. The van der Waals surface area contributed by atoms with E-state index in [0.717, 1.165) is 6.07 Å². The van der Waals surface area contributed by atoms with Crippen molar-refractivity contribution in [1.29, 1.82) is 0 Å². The molecule has 1 aliphatic heterocycles. The number of nitrogens with two attached hydrogens (primary N) is 1. The Morgan fingerprint density at radius 1 is 1.53 bits per heavy atom. The third kappa shape index (κ3) is 2.09. The maximum Gasteiger partial charge on any atom is 0.251 e. The lowest BCUT2D eigenvalue weighted by Gasteiger charge is -2.15. The molecular weight excluding hydrogens is 245 g/mol. The average molecular weight is 253 g/mol. The van der Waals surface area contributed by atoms with Gasteiger partial charge >= 0.3 is 0 Å². The van der Waals surface area contributed by atoms with E-state index in [9.17, 15) is 14.0 Å². The lowest BCUT2D eigenvalue weighted by molar-refractivity contribution is -0.117. The van der Waals surface area contributed by atoms with Gasteiger partial charge in [0.2, 0.25) is 5.91 Å². The van der Waals surface area contributed by atoms with E-state index in [0.29, 0.717) is 5.69 Å². The summed E-state index contributed by atoms with van der Waals surface area (Å²) in [6.07, 6.45) is 0. The molecule has 1 saturated heterocycles. The number of anilines is 1. The van der Waals surface area contributed by atoms with Crippen LogP contribution in [0.25, 0.3) is 0 Å². The fraction of sp³-hybridized carbons (Fsp3) is 0.100. The fourth-order valence-corrected chi connectivity index (χ4v) is 1.81. The molecule has 1 fully saturated rings. The quantitative estimate of drug-likeness (QED) is 0.735. The number of halogens is 1. The normalized spacial score (nSPS) is 15.0. The average Bonchev–Trinajstić information content (AvgIpc) is 2.57. The second kappa shape index (κ2) is 4.10. The van der Waals surface area contributed by atoms with Gasteiger partial charge in [-0.3, -0.25) is 9.59 Å². The van der Waals surface area contributed by atoms with Gasteiger partial charge in [-0.25, -0.2) is 4.39 Å². The van der Waals surface area contributed by atoms with Crippen molar-refractivity contribution >= 4 is 34.8 Å². The molecule has 1 heterocycles. The number of thiocarbonyl (C=S) groups is 1. The number of carbonyl (C=O) groups is 2. The van der Waals surface area contributed by atoms with Gasteiger partial charge in [-0.05, 0) is 30.4 Å². The van der Waals surface area contributed by atoms with Crippen molar-refractivity contribution in [2.75, 3.05) is 11.4 Å². The van der Waals surface area contributed by atoms with Gasteiger partial charge in [0.25, 0.3) is 5.91 Å². The Bertz CT molecular complexity index is 532. The summed E-state index contributed by atoms with van der Waals surface area (Å²) in [6.45, 7) is 0.0359. The minimum atomic E-state index is -0.841. The SMILES string of the molecule is NC(=O)c1ccc(N2CC(=O)NC2=S)cc1F. The van der Waals surface area contributed by atoms with Crippen LogP contribution >= 0.6 is 12.2 Å². The highest BCUT2D eigenvalue weighted by molar-refractivity contribution is 7.80. The van der Waals surface area contributed by atoms with Gasteiger partial charge < -0.3 is 16.0 Å². The highest BCUT2D eigenvalue weighted by Gasteiger charge is 2.25. The van der Waals surface area contributed by atoms with Crippen molar-refractivity contribution < 1.29 is 14.0 Å². The molecular formula is C10H8FN3O2S. The van der Waals surface area contributed by atoms with Crippen molar-refractivity contribution in [3.8, 4) is 0 Å². The van der Waals surface area contributed by atoms with Crippen LogP contribution in [0, 0.1) is 5.82 Å². The molecule has 2 amide bonds. The van der Waals surface area contributed by atoms with E-state index in [1.807, 2.05) is 0 Å². The Kier molecular flexibility index (Phi) is 2.76. The maximum absolute atomic E-state index is 13.5. The molecule has 1 aromatic carbocycles. The minimum Gasteiger partial charge on any atom is -0.366 e. The summed E-state index contributed by atoms with van der Waals surface area (Å²) in [5, 5.41) is 2.64. The highest BCUT2D eigenvalue weighted by Crippen LogP contribution is 2.20. The summed E-state index contributed by atoms with van der Waals surface area (Å²) in [6, 6.07) is 3.86. The molecule has 0 radical (unpaired) electrons. The monoisotopic (exact) mass is 253 g/mol. The van der Waals surface area contributed by atoms with E-state index < -0.39 is 11.7 Å².